The third kappa shape index (κ3) is 3.25. The van der Waals surface area contributed by atoms with Crippen LogP contribution in [0.2, 0.25) is 0 Å². The topological polar surface area (TPSA) is 29.9 Å². The van der Waals surface area contributed by atoms with E-state index in [1.54, 1.807) is 0 Å². The van der Waals surface area contributed by atoms with Crippen LogP contribution in [-0.4, -0.2) is 16.8 Å². The Kier molecular flexibility index (Phi) is 4.77. The van der Waals surface area contributed by atoms with Crippen molar-refractivity contribution in [3.05, 3.63) is 51.8 Å². The molecule has 0 fully saturated rings. The lowest BCUT2D eigenvalue weighted by Gasteiger charge is -2.17. The molecular formula is C15H20BrN3. The molecule has 1 aromatic carbocycles. The molecular weight excluding hydrogens is 302 g/mol. The molecule has 1 aromatic heterocycles. The molecule has 19 heavy (non-hydrogen) atoms. The highest BCUT2D eigenvalue weighted by Crippen LogP contribution is 2.29. The molecule has 0 aliphatic carbocycles. The van der Waals surface area contributed by atoms with Crippen LogP contribution in [0.5, 0.6) is 0 Å². The Hall–Kier alpha value is -1.13. The van der Waals surface area contributed by atoms with Crippen molar-refractivity contribution in [2.24, 2.45) is 0 Å². The van der Waals surface area contributed by atoms with Gasteiger partial charge in [-0.05, 0) is 37.6 Å². The maximum Gasteiger partial charge on any atom is 0.0616 e. The van der Waals surface area contributed by atoms with Crippen LogP contribution in [0.15, 0.2) is 35.1 Å². The number of rotatable bonds is 5. The van der Waals surface area contributed by atoms with Gasteiger partial charge >= 0.3 is 0 Å². The van der Waals surface area contributed by atoms with E-state index in [2.05, 4.69) is 64.6 Å². The van der Waals surface area contributed by atoms with Crippen LogP contribution in [0.1, 0.15) is 36.1 Å². The van der Waals surface area contributed by atoms with Gasteiger partial charge in [-0.3, -0.25) is 4.68 Å². The van der Waals surface area contributed by atoms with Crippen molar-refractivity contribution in [1.82, 2.24) is 15.1 Å². The normalized spacial score (nSPS) is 12.6. The summed E-state index contributed by atoms with van der Waals surface area (Å²) < 4.78 is 3.14. The third-order valence-electron chi connectivity index (χ3n) is 3.19. The van der Waals surface area contributed by atoms with Crippen molar-refractivity contribution in [2.45, 2.75) is 32.9 Å². The van der Waals surface area contributed by atoms with Gasteiger partial charge in [-0.2, -0.15) is 5.10 Å². The first-order valence-corrected chi connectivity index (χ1v) is 7.40. The number of hydrogen-bond donors (Lipinski definition) is 1. The molecule has 0 saturated carbocycles. The van der Waals surface area contributed by atoms with Gasteiger partial charge in [0, 0.05) is 22.8 Å². The standard InChI is InChI=1S/C15H20BrN3/c1-4-7-19-10-12(9-18-19)15(17-3)13-6-5-11(2)8-14(13)16/h5-6,8-10,15,17H,4,7H2,1-3H3. The Bertz CT molecular complexity index is 548. The molecule has 0 bridgehead atoms. The Morgan fingerprint density at radius 2 is 2.21 bits per heavy atom. The summed E-state index contributed by atoms with van der Waals surface area (Å²) in [4.78, 5) is 0. The minimum absolute atomic E-state index is 0.167. The highest BCUT2D eigenvalue weighted by molar-refractivity contribution is 9.10. The van der Waals surface area contributed by atoms with Crippen LogP contribution in [0.3, 0.4) is 0 Å². The van der Waals surface area contributed by atoms with Gasteiger partial charge in [0.05, 0.1) is 12.2 Å². The Morgan fingerprint density at radius 1 is 1.42 bits per heavy atom. The van der Waals surface area contributed by atoms with E-state index in [0.717, 1.165) is 17.4 Å². The molecule has 0 amide bonds. The number of aromatic nitrogens is 2. The Morgan fingerprint density at radius 3 is 2.84 bits per heavy atom. The highest BCUT2D eigenvalue weighted by atomic mass is 79.9. The summed E-state index contributed by atoms with van der Waals surface area (Å²) >= 11 is 3.66. The molecule has 4 heteroatoms. The molecule has 102 valence electrons. The van der Waals surface area contributed by atoms with E-state index in [4.69, 9.17) is 0 Å². The van der Waals surface area contributed by atoms with Gasteiger partial charge < -0.3 is 5.32 Å². The van der Waals surface area contributed by atoms with Crippen molar-refractivity contribution in [1.29, 1.82) is 0 Å². The predicted octanol–water partition coefficient (Wildman–Crippen LogP) is 3.67. The summed E-state index contributed by atoms with van der Waals surface area (Å²) in [6.45, 7) is 5.22. The molecule has 0 radical (unpaired) electrons. The van der Waals surface area contributed by atoms with Crippen molar-refractivity contribution in [3.8, 4) is 0 Å². The molecule has 0 spiro atoms. The van der Waals surface area contributed by atoms with Crippen LogP contribution >= 0.6 is 15.9 Å². The molecule has 0 aliphatic heterocycles. The summed E-state index contributed by atoms with van der Waals surface area (Å²) in [7, 11) is 1.98. The second-order valence-corrected chi connectivity index (χ2v) is 5.64. The zero-order valence-electron chi connectivity index (χ0n) is 11.7. The molecule has 3 nitrogen and oxygen atoms in total. The quantitative estimate of drug-likeness (QED) is 0.910. The van der Waals surface area contributed by atoms with Gasteiger partial charge in [0.15, 0.2) is 0 Å². The summed E-state index contributed by atoms with van der Waals surface area (Å²) in [6, 6.07) is 6.62. The Labute approximate surface area is 123 Å². The minimum atomic E-state index is 0.167. The number of halogens is 1. The second-order valence-electron chi connectivity index (χ2n) is 4.78. The van der Waals surface area contributed by atoms with E-state index in [9.17, 15) is 0 Å². The molecule has 1 unspecified atom stereocenters. The summed E-state index contributed by atoms with van der Waals surface area (Å²) in [5, 5.41) is 7.78. The SMILES string of the molecule is CCCn1cc(C(NC)c2ccc(C)cc2Br)cn1. The summed E-state index contributed by atoms with van der Waals surface area (Å²) in [5.74, 6) is 0. The van der Waals surface area contributed by atoms with Gasteiger partial charge in [-0.1, -0.05) is 35.0 Å². The van der Waals surface area contributed by atoms with Crippen LogP contribution in [0.4, 0.5) is 0 Å². The van der Waals surface area contributed by atoms with Crippen molar-refractivity contribution < 1.29 is 0 Å². The fourth-order valence-electron chi connectivity index (χ4n) is 2.25. The maximum absolute atomic E-state index is 4.41. The van der Waals surface area contributed by atoms with E-state index >= 15 is 0 Å². The maximum atomic E-state index is 4.41. The lowest BCUT2D eigenvalue weighted by atomic mass is 10.0. The van der Waals surface area contributed by atoms with Crippen LogP contribution < -0.4 is 5.32 Å². The smallest absolute Gasteiger partial charge is 0.0616 e. The number of aryl methyl sites for hydroxylation is 2. The van der Waals surface area contributed by atoms with Crippen LogP contribution in [-0.2, 0) is 6.54 Å². The average molecular weight is 322 g/mol. The molecule has 0 saturated heterocycles. The zero-order chi connectivity index (χ0) is 13.8. The molecule has 2 rings (SSSR count). The largest absolute Gasteiger partial charge is 0.309 e. The lowest BCUT2D eigenvalue weighted by molar-refractivity contribution is 0.600. The Balaban J connectivity index is 2.32. The van der Waals surface area contributed by atoms with Gasteiger partial charge in [-0.25, -0.2) is 0 Å². The fourth-order valence-corrected chi connectivity index (χ4v) is 2.97. The first-order chi connectivity index (χ1) is 9.15. The molecule has 0 aliphatic rings. The summed E-state index contributed by atoms with van der Waals surface area (Å²) in [5.41, 5.74) is 3.69. The predicted molar refractivity (Wildman–Crippen MR) is 82.3 cm³/mol. The molecule has 1 N–H and O–H groups in total. The zero-order valence-corrected chi connectivity index (χ0v) is 13.2. The van der Waals surface area contributed by atoms with Gasteiger partial charge in [0.25, 0.3) is 0 Å². The van der Waals surface area contributed by atoms with E-state index in [0.29, 0.717) is 0 Å². The third-order valence-corrected chi connectivity index (χ3v) is 3.88. The fraction of sp³-hybridized carbons (Fsp3) is 0.400. The average Bonchev–Trinajstić information content (AvgIpc) is 2.82. The van der Waals surface area contributed by atoms with Crippen LogP contribution in [0.25, 0.3) is 0 Å². The van der Waals surface area contributed by atoms with Crippen molar-refractivity contribution in [3.63, 3.8) is 0 Å². The van der Waals surface area contributed by atoms with Gasteiger partial charge in [-0.15, -0.1) is 0 Å². The number of hydrogen-bond acceptors (Lipinski definition) is 2. The molecule has 1 atom stereocenters. The monoisotopic (exact) mass is 321 g/mol. The highest BCUT2D eigenvalue weighted by Gasteiger charge is 2.16. The first kappa shape index (κ1) is 14.3. The van der Waals surface area contributed by atoms with Gasteiger partial charge in [0.2, 0.25) is 0 Å². The van der Waals surface area contributed by atoms with E-state index < -0.39 is 0 Å². The van der Waals surface area contributed by atoms with Crippen molar-refractivity contribution >= 4 is 15.9 Å². The number of benzene rings is 1. The van der Waals surface area contributed by atoms with E-state index in [1.807, 2.05) is 17.9 Å². The number of nitrogens with zero attached hydrogens (tertiary/aromatic N) is 2. The van der Waals surface area contributed by atoms with E-state index in [1.165, 1.54) is 16.7 Å². The van der Waals surface area contributed by atoms with Crippen molar-refractivity contribution in [2.75, 3.05) is 7.05 Å². The number of nitrogens with one attached hydrogen (secondary N) is 1. The second kappa shape index (κ2) is 6.35. The lowest BCUT2D eigenvalue weighted by Crippen LogP contribution is -2.17. The summed E-state index contributed by atoms with van der Waals surface area (Å²) in [6.07, 6.45) is 5.17. The molecule has 1 heterocycles. The minimum Gasteiger partial charge on any atom is -0.309 e. The molecule has 2 aromatic rings. The van der Waals surface area contributed by atoms with Crippen LogP contribution in [0, 0.1) is 6.92 Å². The van der Waals surface area contributed by atoms with E-state index in [-0.39, 0.29) is 6.04 Å². The van der Waals surface area contributed by atoms with Gasteiger partial charge in [0.1, 0.15) is 0 Å². The first-order valence-electron chi connectivity index (χ1n) is 6.61.